The minimum atomic E-state index is -4.42. The lowest BCUT2D eigenvalue weighted by atomic mass is 10.2. The van der Waals surface area contributed by atoms with Gasteiger partial charge in [0.15, 0.2) is 11.7 Å². The van der Waals surface area contributed by atoms with Gasteiger partial charge in [-0.2, -0.15) is 13.2 Å². The van der Waals surface area contributed by atoms with Gasteiger partial charge in [0.25, 0.3) is 0 Å². The highest BCUT2D eigenvalue weighted by atomic mass is 127. The van der Waals surface area contributed by atoms with Gasteiger partial charge in [-0.1, -0.05) is 30.3 Å². The van der Waals surface area contributed by atoms with Crippen LogP contribution in [-0.2, 0) is 23.9 Å². The largest absolute Gasteiger partial charge is 0.434 e. The van der Waals surface area contributed by atoms with Crippen molar-refractivity contribution >= 4 is 41.3 Å². The quantitative estimate of drug-likeness (QED) is 0.237. The maximum Gasteiger partial charge on any atom is 0.434 e. The predicted octanol–water partition coefficient (Wildman–Crippen LogP) is 3.46. The maximum atomic E-state index is 12.6. The van der Waals surface area contributed by atoms with Crippen molar-refractivity contribution in [3.05, 3.63) is 52.0 Å². The fourth-order valence-electron chi connectivity index (χ4n) is 2.32. The Bertz CT molecular complexity index is 760. The summed E-state index contributed by atoms with van der Waals surface area (Å²) in [6, 6.07) is 9.65. The zero-order valence-corrected chi connectivity index (χ0v) is 19.6. The Morgan fingerprint density at radius 2 is 2.00 bits per heavy atom. The summed E-state index contributed by atoms with van der Waals surface area (Å²) < 4.78 is 43.2. The molecule has 1 unspecified atom stereocenters. The van der Waals surface area contributed by atoms with Crippen molar-refractivity contribution in [2.24, 2.45) is 4.99 Å². The van der Waals surface area contributed by atoms with Gasteiger partial charge in [0, 0.05) is 24.9 Å². The van der Waals surface area contributed by atoms with E-state index in [1.807, 2.05) is 37.3 Å². The Morgan fingerprint density at radius 1 is 1.27 bits per heavy atom. The predicted molar refractivity (Wildman–Crippen MR) is 122 cm³/mol. The van der Waals surface area contributed by atoms with E-state index in [1.165, 1.54) is 0 Å². The summed E-state index contributed by atoms with van der Waals surface area (Å²) in [5.41, 5.74) is 0.158. The van der Waals surface area contributed by atoms with Gasteiger partial charge < -0.3 is 20.5 Å². The first-order chi connectivity index (χ1) is 13.9. The van der Waals surface area contributed by atoms with Crippen LogP contribution in [0.2, 0.25) is 0 Å². The van der Waals surface area contributed by atoms with Crippen molar-refractivity contribution in [2.75, 3.05) is 26.2 Å². The van der Waals surface area contributed by atoms with Crippen molar-refractivity contribution in [3.8, 4) is 0 Å². The highest BCUT2D eigenvalue weighted by molar-refractivity contribution is 14.0. The Hall–Kier alpha value is -1.44. The monoisotopic (exact) mass is 558 g/mol. The number of aromatic nitrogens is 1. The number of aliphatic hydroxyl groups excluding tert-OH is 1. The smallest absolute Gasteiger partial charge is 0.389 e. The molecule has 11 heteroatoms. The summed E-state index contributed by atoms with van der Waals surface area (Å²) in [5, 5.41) is 17.5. The van der Waals surface area contributed by atoms with Crippen LogP contribution >= 0.6 is 35.3 Å². The number of ether oxygens (including phenoxy) is 1. The molecule has 2 aromatic rings. The van der Waals surface area contributed by atoms with Gasteiger partial charge in [0.05, 0.1) is 30.9 Å². The first kappa shape index (κ1) is 26.6. The van der Waals surface area contributed by atoms with E-state index in [0.29, 0.717) is 37.1 Å². The van der Waals surface area contributed by atoms with Crippen LogP contribution in [0, 0.1) is 0 Å². The topological polar surface area (TPSA) is 78.8 Å². The summed E-state index contributed by atoms with van der Waals surface area (Å²) in [7, 11) is 0. The molecular formula is C19H26F3IN4O2S. The number of nitrogens with zero attached hydrogens (tertiary/aromatic N) is 2. The molecule has 0 radical (unpaired) electrons. The van der Waals surface area contributed by atoms with Crippen LogP contribution in [0.3, 0.4) is 0 Å². The van der Waals surface area contributed by atoms with Crippen LogP contribution in [0.25, 0.3) is 0 Å². The van der Waals surface area contributed by atoms with E-state index in [2.05, 4.69) is 20.6 Å². The number of nitrogens with one attached hydrogen (secondary N) is 2. The Morgan fingerprint density at radius 3 is 2.63 bits per heavy atom. The van der Waals surface area contributed by atoms with E-state index in [0.717, 1.165) is 22.3 Å². The molecular weight excluding hydrogens is 532 g/mol. The number of alkyl halides is 3. The lowest BCUT2D eigenvalue weighted by Crippen LogP contribution is -2.39. The summed E-state index contributed by atoms with van der Waals surface area (Å²) >= 11 is 0.979. The van der Waals surface area contributed by atoms with E-state index in [4.69, 9.17) is 4.74 Å². The maximum absolute atomic E-state index is 12.6. The molecule has 168 valence electrons. The molecule has 1 aromatic heterocycles. The van der Waals surface area contributed by atoms with E-state index in [9.17, 15) is 18.3 Å². The number of aliphatic hydroxyl groups is 1. The minimum Gasteiger partial charge on any atom is -0.389 e. The van der Waals surface area contributed by atoms with Gasteiger partial charge in [-0.3, -0.25) is 4.99 Å². The molecule has 3 N–H and O–H groups in total. The molecule has 0 saturated carbocycles. The van der Waals surface area contributed by atoms with Gasteiger partial charge in [-0.25, -0.2) is 4.98 Å². The third kappa shape index (κ3) is 10.0. The number of halogens is 4. The number of thiazole rings is 1. The first-order valence-electron chi connectivity index (χ1n) is 9.22. The van der Waals surface area contributed by atoms with E-state index < -0.39 is 18.0 Å². The summed E-state index contributed by atoms with van der Waals surface area (Å²) in [6.45, 7) is 3.58. The summed E-state index contributed by atoms with van der Waals surface area (Å²) in [6.07, 6.45) is -4.84. The molecule has 0 bridgehead atoms. The zero-order chi connectivity index (χ0) is 21.1. The van der Waals surface area contributed by atoms with Crippen molar-refractivity contribution in [1.82, 2.24) is 15.6 Å². The average molecular weight is 558 g/mol. The van der Waals surface area contributed by atoms with Crippen LogP contribution in [0.5, 0.6) is 0 Å². The van der Waals surface area contributed by atoms with Gasteiger partial charge in [0.2, 0.25) is 0 Å². The van der Waals surface area contributed by atoms with Crippen molar-refractivity contribution < 1.29 is 23.0 Å². The third-order valence-corrected chi connectivity index (χ3v) is 4.61. The van der Waals surface area contributed by atoms with Gasteiger partial charge in [-0.15, -0.1) is 35.3 Å². The SMILES string of the molecule is CCNC(=NCC(O)COCc1ccccc1)NCCc1nc(C(F)(F)F)cs1.I. The van der Waals surface area contributed by atoms with Crippen LogP contribution in [0.4, 0.5) is 13.2 Å². The number of benzene rings is 1. The van der Waals surface area contributed by atoms with E-state index in [-0.39, 0.29) is 37.1 Å². The van der Waals surface area contributed by atoms with Crippen molar-refractivity contribution in [1.29, 1.82) is 0 Å². The Kier molecular flexibility index (Phi) is 12.2. The lowest BCUT2D eigenvalue weighted by molar-refractivity contribution is -0.140. The van der Waals surface area contributed by atoms with Crippen molar-refractivity contribution in [3.63, 3.8) is 0 Å². The Balaban J connectivity index is 0.00000450. The second-order valence-corrected chi connectivity index (χ2v) is 7.12. The van der Waals surface area contributed by atoms with Crippen molar-refractivity contribution in [2.45, 2.75) is 32.2 Å². The molecule has 1 heterocycles. The lowest BCUT2D eigenvalue weighted by Gasteiger charge is -2.13. The average Bonchev–Trinajstić information content (AvgIpc) is 3.16. The number of rotatable bonds is 10. The fraction of sp³-hybridized carbons (Fsp3) is 0.474. The summed E-state index contributed by atoms with van der Waals surface area (Å²) in [5.74, 6) is 0.474. The van der Waals surface area contributed by atoms with E-state index in [1.54, 1.807) is 0 Å². The highest BCUT2D eigenvalue weighted by Crippen LogP contribution is 2.29. The molecule has 0 aliphatic heterocycles. The van der Waals surface area contributed by atoms with Gasteiger partial charge in [0.1, 0.15) is 0 Å². The number of aliphatic imine (C=N–C) groups is 1. The molecule has 1 atom stereocenters. The Labute approximate surface area is 195 Å². The molecule has 0 aliphatic rings. The van der Waals surface area contributed by atoms with Gasteiger partial charge >= 0.3 is 6.18 Å². The number of hydrogen-bond donors (Lipinski definition) is 3. The second-order valence-electron chi connectivity index (χ2n) is 6.18. The van der Waals surface area contributed by atoms with Crippen LogP contribution in [-0.4, -0.2) is 48.4 Å². The summed E-state index contributed by atoms with van der Waals surface area (Å²) in [4.78, 5) is 7.88. The van der Waals surface area contributed by atoms with Crippen LogP contribution in [0.1, 0.15) is 23.2 Å². The number of hydrogen-bond acceptors (Lipinski definition) is 5. The molecule has 0 amide bonds. The first-order valence-corrected chi connectivity index (χ1v) is 10.1. The fourth-order valence-corrected chi connectivity index (χ4v) is 3.13. The zero-order valence-electron chi connectivity index (χ0n) is 16.5. The highest BCUT2D eigenvalue weighted by Gasteiger charge is 2.33. The van der Waals surface area contributed by atoms with E-state index >= 15 is 0 Å². The second kappa shape index (κ2) is 13.8. The molecule has 2 rings (SSSR count). The van der Waals surface area contributed by atoms with Gasteiger partial charge in [-0.05, 0) is 12.5 Å². The minimum absolute atomic E-state index is 0. The molecule has 0 saturated heterocycles. The standard InChI is InChI=1S/C19H25F3N4O2S.HI/c1-2-23-18(24-9-8-17-26-16(13-29-17)19(20,21)22)25-10-15(27)12-28-11-14-6-4-3-5-7-14;/h3-7,13,15,27H,2,8-12H2,1H3,(H2,23,24,25);1H. The van der Waals surface area contributed by atoms with Crippen LogP contribution < -0.4 is 10.6 Å². The molecule has 30 heavy (non-hydrogen) atoms. The molecule has 1 aromatic carbocycles. The molecule has 0 aliphatic carbocycles. The van der Waals surface area contributed by atoms with Crippen LogP contribution in [0.15, 0.2) is 40.7 Å². The number of guanidine groups is 1. The normalized spacial score (nSPS) is 12.9. The molecule has 0 spiro atoms. The molecule has 0 fully saturated rings. The molecule has 6 nitrogen and oxygen atoms in total. The third-order valence-electron chi connectivity index (χ3n) is 3.70.